The van der Waals surface area contributed by atoms with Crippen LogP contribution in [0.1, 0.15) is 46.1 Å². The molecule has 0 spiro atoms. The summed E-state index contributed by atoms with van der Waals surface area (Å²) >= 11 is 12.5. The van der Waals surface area contributed by atoms with Crippen LogP contribution in [0.2, 0.25) is 10.0 Å². The van der Waals surface area contributed by atoms with Gasteiger partial charge in [0.2, 0.25) is 5.91 Å². The Bertz CT molecular complexity index is 1170. The summed E-state index contributed by atoms with van der Waals surface area (Å²) in [5, 5.41) is 10.0. The summed E-state index contributed by atoms with van der Waals surface area (Å²) in [5.41, 5.74) is -0.887. The maximum absolute atomic E-state index is 15.8. The average Bonchev–Trinajstić information content (AvgIpc) is 2.80. The van der Waals surface area contributed by atoms with E-state index in [1.807, 2.05) is 0 Å². The molecule has 0 radical (unpaired) electrons. The number of anilines is 1. The van der Waals surface area contributed by atoms with Crippen LogP contribution < -0.4 is 4.90 Å². The van der Waals surface area contributed by atoms with Gasteiger partial charge in [-0.15, -0.1) is 0 Å². The standard InChI is InChI=1S/C25H30Cl2FNO5S/c1-16(15-30)29(23(31)24(2,3)4)22-20(27)13-17(14-21(22)28)25(9-11-34-12-10-25)35(32,33)19-7-5-18(26)6-8-19/h5-8,13-14,16,30H,9-12,15H2,1-4H3. The van der Waals surface area contributed by atoms with Crippen LogP contribution in [0, 0.1) is 11.2 Å². The summed E-state index contributed by atoms with van der Waals surface area (Å²) in [6.07, 6.45) is 0.204. The number of carbonyl (C=O) groups is 1. The number of sulfone groups is 1. The Kier molecular flexibility index (Phi) is 8.24. The molecule has 0 saturated carbocycles. The van der Waals surface area contributed by atoms with Gasteiger partial charge in [0.15, 0.2) is 9.84 Å². The molecule has 0 bridgehead atoms. The molecular formula is C25H30Cl2FNO5S. The average molecular weight is 546 g/mol. The number of rotatable bonds is 6. The molecule has 6 nitrogen and oxygen atoms in total. The predicted molar refractivity (Wildman–Crippen MR) is 135 cm³/mol. The minimum atomic E-state index is -4.01. The first kappa shape index (κ1) is 27.9. The zero-order valence-corrected chi connectivity index (χ0v) is 22.5. The Morgan fingerprint density at radius 3 is 2.23 bits per heavy atom. The molecule has 2 aromatic carbocycles. The molecule has 192 valence electrons. The number of halogens is 3. The van der Waals surface area contributed by atoms with Crippen LogP contribution in [0.15, 0.2) is 41.3 Å². The van der Waals surface area contributed by atoms with Gasteiger partial charge in [-0.3, -0.25) is 4.79 Å². The number of carbonyl (C=O) groups excluding carboxylic acids is 1. The number of amides is 1. The summed E-state index contributed by atoms with van der Waals surface area (Å²) in [7, 11) is -4.01. The lowest BCUT2D eigenvalue weighted by molar-refractivity contribution is -0.126. The van der Waals surface area contributed by atoms with Gasteiger partial charge < -0.3 is 14.7 Å². The van der Waals surface area contributed by atoms with Crippen molar-refractivity contribution in [2.75, 3.05) is 24.7 Å². The SMILES string of the molecule is CC(CO)N(C(=O)C(C)(C)C)c1c(F)cc(C2(S(=O)(=O)c3ccc(Cl)cc3)CCOCC2)cc1Cl. The molecule has 1 heterocycles. The van der Waals surface area contributed by atoms with E-state index in [1.54, 1.807) is 27.7 Å². The molecule has 35 heavy (non-hydrogen) atoms. The zero-order valence-electron chi connectivity index (χ0n) is 20.1. The molecule has 1 atom stereocenters. The minimum absolute atomic E-state index is 0.0582. The highest BCUT2D eigenvalue weighted by atomic mass is 35.5. The van der Waals surface area contributed by atoms with Crippen molar-refractivity contribution in [3.8, 4) is 0 Å². The number of benzene rings is 2. The van der Waals surface area contributed by atoms with Crippen LogP contribution in [0.4, 0.5) is 10.1 Å². The molecule has 1 amide bonds. The topological polar surface area (TPSA) is 83.9 Å². The lowest BCUT2D eigenvalue weighted by Crippen LogP contribution is -2.47. The maximum atomic E-state index is 15.8. The Hall–Kier alpha value is -1.71. The summed E-state index contributed by atoms with van der Waals surface area (Å²) in [5.74, 6) is -1.27. The van der Waals surface area contributed by atoms with E-state index in [2.05, 4.69) is 0 Å². The fraction of sp³-hybridized carbons (Fsp3) is 0.480. The second kappa shape index (κ2) is 10.3. The van der Waals surface area contributed by atoms with Crippen LogP contribution in [-0.2, 0) is 24.1 Å². The molecule has 1 aliphatic rings. The van der Waals surface area contributed by atoms with Crippen LogP contribution in [0.25, 0.3) is 0 Å². The molecule has 2 aromatic rings. The first-order valence-electron chi connectivity index (χ1n) is 11.3. The fourth-order valence-corrected chi connectivity index (χ4v) is 6.78. The predicted octanol–water partition coefficient (Wildman–Crippen LogP) is 5.37. The number of ether oxygens (including phenoxy) is 1. The van der Waals surface area contributed by atoms with Crippen LogP contribution >= 0.6 is 23.2 Å². The lowest BCUT2D eigenvalue weighted by Gasteiger charge is -2.38. The van der Waals surface area contributed by atoms with Crippen LogP contribution in [0.3, 0.4) is 0 Å². The number of hydrogen-bond acceptors (Lipinski definition) is 5. The summed E-state index contributed by atoms with van der Waals surface area (Å²) in [6, 6.07) is 7.62. The van der Waals surface area contributed by atoms with Crippen molar-refractivity contribution in [1.82, 2.24) is 0 Å². The van der Waals surface area contributed by atoms with Crippen molar-refractivity contribution in [3.05, 3.63) is 57.8 Å². The van der Waals surface area contributed by atoms with E-state index in [9.17, 15) is 18.3 Å². The third kappa shape index (κ3) is 5.23. The maximum Gasteiger partial charge on any atom is 0.232 e. The van der Waals surface area contributed by atoms with E-state index in [-0.39, 0.29) is 47.2 Å². The summed E-state index contributed by atoms with van der Waals surface area (Å²) in [4.78, 5) is 14.4. The Morgan fingerprint density at radius 1 is 1.17 bits per heavy atom. The normalized spacial score (nSPS) is 17.1. The summed E-state index contributed by atoms with van der Waals surface area (Å²) < 4.78 is 47.5. The molecular weight excluding hydrogens is 516 g/mol. The van der Waals surface area contributed by atoms with E-state index in [1.165, 1.54) is 30.3 Å². The number of nitrogens with zero attached hydrogens (tertiary/aromatic N) is 1. The van der Waals surface area contributed by atoms with Gasteiger partial charge in [0, 0.05) is 23.7 Å². The number of aliphatic hydroxyl groups is 1. The van der Waals surface area contributed by atoms with Crippen molar-refractivity contribution in [2.24, 2.45) is 5.41 Å². The number of hydrogen-bond donors (Lipinski definition) is 1. The lowest BCUT2D eigenvalue weighted by atomic mass is 9.89. The molecule has 1 aliphatic heterocycles. The molecule has 1 N–H and O–H groups in total. The van der Waals surface area contributed by atoms with Gasteiger partial charge >= 0.3 is 0 Å². The van der Waals surface area contributed by atoms with Crippen LogP contribution in [-0.4, -0.2) is 45.3 Å². The second-order valence-electron chi connectivity index (χ2n) is 9.81. The van der Waals surface area contributed by atoms with Gasteiger partial charge in [0.05, 0.1) is 28.3 Å². The minimum Gasteiger partial charge on any atom is -0.394 e. The Balaban J connectivity index is 2.21. The van der Waals surface area contributed by atoms with Crippen LogP contribution in [0.5, 0.6) is 0 Å². The zero-order chi connectivity index (χ0) is 26.2. The third-order valence-electron chi connectivity index (χ3n) is 6.29. The van der Waals surface area contributed by atoms with Gasteiger partial charge in [-0.1, -0.05) is 44.0 Å². The van der Waals surface area contributed by atoms with Gasteiger partial charge in [-0.25, -0.2) is 12.8 Å². The smallest absolute Gasteiger partial charge is 0.232 e. The van der Waals surface area contributed by atoms with Crippen molar-refractivity contribution < 1.29 is 27.4 Å². The van der Waals surface area contributed by atoms with E-state index in [0.29, 0.717) is 5.02 Å². The monoisotopic (exact) mass is 545 g/mol. The molecule has 0 aromatic heterocycles. The molecule has 10 heteroatoms. The van der Waals surface area contributed by atoms with Gasteiger partial charge in [-0.2, -0.15) is 0 Å². The first-order valence-corrected chi connectivity index (χ1v) is 13.5. The Morgan fingerprint density at radius 2 is 1.74 bits per heavy atom. The van der Waals surface area contributed by atoms with Gasteiger partial charge in [0.1, 0.15) is 10.6 Å². The largest absolute Gasteiger partial charge is 0.394 e. The van der Waals surface area contributed by atoms with Crippen molar-refractivity contribution in [3.63, 3.8) is 0 Å². The highest BCUT2D eigenvalue weighted by Gasteiger charge is 2.48. The molecule has 1 fully saturated rings. The number of aliphatic hydroxyl groups excluding tert-OH is 1. The fourth-order valence-electron chi connectivity index (χ4n) is 4.28. The van der Waals surface area contributed by atoms with E-state index < -0.39 is 44.4 Å². The first-order chi connectivity index (χ1) is 16.3. The Labute approximate surface area is 215 Å². The quantitative estimate of drug-likeness (QED) is 0.527. The van der Waals surface area contributed by atoms with E-state index >= 15 is 4.39 Å². The van der Waals surface area contributed by atoms with E-state index in [4.69, 9.17) is 27.9 Å². The van der Waals surface area contributed by atoms with Crippen molar-refractivity contribution >= 4 is 44.6 Å². The second-order valence-corrected chi connectivity index (χ2v) is 12.9. The highest BCUT2D eigenvalue weighted by molar-refractivity contribution is 7.92. The molecule has 1 saturated heterocycles. The third-order valence-corrected chi connectivity index (χ3v) is 9.39. The van der Waals surface area contributed by atoms with E-state index in [0.717, 1.165) is 11.0 Å². The molecule has 0 aliphatic carbocycles. The molecule has 1 unspecified atom stereocenters. The molecule has 3 rings (SSSR count). The van der Waals surface area contributed by atoms with Gasteiger partial charge in [-0.05, 0) is 61.7 Å². The van der Waals surface area contributed by atoms with Gasteiger partial charge in [0.25, 0.3) is 0 Å². The van der Waals surface area contributed by atoms with Crippen molar-refractivity contribution in [1.29, 1.82) is 0 Å². The highest BCUT2D eigenvalue weighted by Crippen LogP contribution is 2.46. The summed E-state index contributed by atoms with van der Waals surface area (Å²) in [6.45, 7) is 6.56. The van der Waals surface area contributed by atoms with Crippen molar-refractivity contribution in [2.45, 2.75) is 56.2 Å².